The van der Waals surface area contributed by atoms with Crippen molar-refractivity contribution in [3.63, 3.8) is 0 Å². The van der Waals surface area contributed by atoms with Crippen LogP contribution in [0.25, 0.3) is 0 Å². The molecule has 0 aliphatic carbocycles. The molecule has 0 saturated heterocycles. The van der Waals surface area contributed by atoms with Crippen molar-refractivity contribution in [3.8, 4) is 0 Å². The van der Waals surface area contributed by atoms with E-state index in [0.29, 0.717) is 6.54 Å². The lowest BCUT2D eigenvalue weighted by molar-refractivity contribution is -0.384. The molecule has 0 amide bonds. The van der Waals surface area contributed by atoms with Crippen molar-refractivity contribution >= 4 is 28.7 Å². The topological polar surface area (TPSA) is 105 Å². The first-order valence-electron chi connectivity index (χ1n) is 6.14. The monoisotopic (exact) mass is 307 g/mol. The standard InChI is InChI=1S/C13H13N3O4S/c1-8(12-14-4-5-21-12)7-15-11-6-9(16(19)20)2-3-10(11)13(17)18/h2-6,8,15H,7H2,1H3,(H,17,18). The number of thiazole rings is 1. The van der Waals surface area contributed by atoms with Gasteiger partial charge in [0.15, 0.2) is 0 Å². The van der Waals surface area contributed by atoms with Crippen LogP contribution in [0.15, 0.2) is 29.8 Å². The number of hydrogen-bond acceptors (Lipinski definition) is 6. The van der Waals surface area contributed by atoms with Crippen LogP contribution in [0.3, 0.4) is 0 Å². The molecule has 7 nitrogen and oxygen atoms in total. The Hall–Kier alpha value is -2.48. The number of benzene rings is 1. The van der Waals surface area contributed by atoms with E-state index in [9.17, 15) is 14.9 Å². The molecule has 110 valence electrons. The van der Waals surface area contributed by atoms with E-state index in [1.54, 1.807) is 6.20 Å². The van der Waals surface area contributed by atoms with Crippen LogP contribution in [0, 0.1) is 10.1 Å². The van der Waals surface area contributed by atoms with Gasteiger partial charge in [-0.2, -0.15) is 0 Å². The van der Waals surface area contributed by atoms with Crippen LogP contribution in [-0.2, 0) is 0 Å². The molecule has 1 aromatic carbocycles. The van der Waals surface area contributed by atoms with Crippen molar-refractivity contribution < 1.29 is 14.8 Å². The van der Waals surface area contributed by atoms with Gasteiger partial charge in [0.1, 0.15) is 0 Å². The lowest BCUT2D eigenvalue weighted by Gasteiger charge is -2.13. The highest BCUT2D eigenvalue weighted by Gasteiger charge is 2.16. The Balaban J connectivity index is 2.19. The second-order valence-electron chi connectivity index (χ2n) is 4.44. The number of nitro groups is 1. The molecule has 0 saturated carbocycles. The number of non-ortho nitro benzene ring substituents is 1. The van der Waals surface area contributed by atoms with Gasteiger partial charge in [-0.15, -0.1) is 11.3 Å². The molecule has 1 unspecified atom stereocenters. The number of rotatable bonds is 6. The van der Waals surface area contributed by atoms with E-state index in [-0.39, 0.29) is 22.9 Å². The Morgan fingerprint density at radius 3 is 2.90 bits per heavy atom. The second kappa shape index (κ2) is 6.31. The predicted octanol–water partition coefficient (Wildman–Crippen LogP) is 2.97. The van der Waals surface area contributed by atoms with Crippen LogP contribution in [0.2, 0.25) is 0 Å². The van der Waals surface area contributed by atoms with Crippen molar-refractivity contribution in [2.45, 2.75) is 12.8 Å². The normalized spacial score (nSPS) is 11.9. The van der Waals surface area contributed by atoms with Gasteiger partial charge in [0.25, 0.3) is 5.69 Å². The highest BCUT2D eigenvalue weighted by molar-refractivity contribution is 7.09. The summed E-state index contributed by atoms with van der Waals surface area (Å²) in [5.74, 6) is -1.06. The Bertz CT molecular complexity index is 657. The molecule has 0 aliphatic rings. The summed E-state index contributed by atoms with van der Waals surface area (Å²) < 4.78 is 0. The first-order chi connectivity index (χ1) is 9.99. The molecular formula is C13H13N3O4S. The zero-order chi connectivity index (χ0) is 15.4. The molecule has 21 heavy (non-hydrogen) atoms. The van der Waals surface area contributed by atoms with Gasteiger partial charge in [0.05, 0.1) is 21.2 Å². The van der Waals surface area contributed by atoms with Gasteiger partial charge in [-0.3, -0.25) is 10.1 Å². The summed E-state index contributed by atoms with van der Waals surface area (Å²) in [5, 5.41) is 25.6. The molecule has 2 N–H and O–H groups in total. The number of aromatic nitrogens is 1. The maximum absolute atomic E-state index is 11.2. The van der Waals surface area contributed by atoms with Crippen LogP contribution < -0.4 is 5.32 Å². The van der Waals surface area contributed by atoms with Crippen LogP contribution in [0.5, 0.6) is 0 Å². The summed E-state index contributed by atoms with van der Waals surface area (Å²) >= 11 is 1.51. The molecule has 0 aliphatic heterocycles. The molecule has 1 heterocycles. The number of nitrogens with zero attached hydrogens (tertiary/aromatic N) is 2. The van der Waals surface area contributed by atoms with Crippen molar-refractivity contribution in [1.29, 1.82) is 0 Å². The highest BCUT2D eigenvalue weighted by Crippen LogP contribution is 2.24. The van der Waals surface area contributed by atoms with E-state index >= 15 is 0 Å². The number of carbonyl (C=O) groups is 1. The van der Waals surface area contributed by atoms with Crippen LogP contribution >= 0.6 is 11.3 Å². The quantitative estimate of drug-likeness (QED) is 0.628. The lowest BCUT2D eigenvalue weighted by atomic mass is 10.1. The van der Waals surface area contributed by atoms with E-state index in [1.807, 2.05) is 12.3 Å². The minimum absolute atomic E-state index is 0.00642. The number of anilines is 1. The smallest absolute Gasteiger partial charge is 0.337 e. The van der Waals surface area contributed by atoms with Crippen molar-refractivity contribution in [3.05, 3.63) is 50.5 Å². The first kappa shape index (κ1) is 14.9. The highest BCUT2D eigenvalue weighted by atomic mass is 32.1. The Morgan fingerprint density at radius 2 is 2.33 bits per heavy atom. The molecule has 2 rings (SSSR count). The fourth-order valence-electron chi connectivity index (χ4n) is 1.81. The fraction of sp³-hybridized carbons (Fsp3) is 0.231. The minimum atomic E-state index is -1.13. The third kappa shape index (κ3) is 3.54. The third-order valence-electron chi connectivity index (χ3n) is 2.92. The first-order valence-corrected chi connectivity index (χ1v) is 7.02. The largest absolute Gasteiger partial charge is 0.478 e. The third-order valence-corrected chi connectivity index (χ3v) is 3.92. The molecule has 0 spiro atoms. The van der Waals surface area contributed by atoms with E-state index < -0.39 is 10.9 Å². The summed E-state index contributed by atoms with van der Waals surface area (Å²) in [5.41, 5.74) is 0.0939. The van der Waals surface area contributed by atoms with Crippen molar-refractivity contribution in [2.24, 2.45) is 0 Å². The summed E-state index contributed by atoms with van der Waals surface area (Å²) in [6, 6.07) is 3.65. The number of nitro benzene ring substituents is 1. The fourth-order valence-corrected chi connectivity index (χ4v) is 2.51. The van der Waals surface area contributed by atoms with E-state index in [0.717, 1.165) is 5.01 Å². The summed E-state index contributed by atoms with van der Waals surface area (Å²) in [7, 11) is 0. The zero-order valence-corrected chi connectivity index (χ0v) is 12.0. The average molecular weight is 307 g/mol. The molecular weight excluding hydrogens is 294 g/mol. The van der Waals surface area contributed by atoms with Crippen molar-refractivity contribution in [2.75, 3.05) is 11.9 Å². The van der Waals surface area contributed by atoms with Crippen LogP contribution in [0.4, 0.5) is 11.4 Å². The van der Waals surface area contributed by atoms with Gasteiger partial charge >= 0.3 is 5.97 Å². The zero-order valence-electron chi connectivity index (χ0n) is 11.1. The van der Waals surface area contributed by atoms with Crippen LogP contribution in [0.1, 0.15) is 28.2 Å². The minimum Gasteiger partial charge on any atom is -0.478 e. The molecule has 0 fully saturated rings. The SMILES string of the molecule is CC(CNc1cc([N+](=O)[O-])ccc1C(=O)O)c1nccs1. The summed E-state index contributed by atoms with van der Waals surface area (Å²) in [6.07, 6.45) is 1.70. The second-order valence-corrected chi connectivity index (χ2v) is 5.37. The van der Waals surface area contributed by atoms with Gasteiger partial charge in [-0.1, -0.05) is 6.92 Å². The number of aromatic carboxylic acids is 1. The molecule has 0 radical (unpaired) electrons. The molecule has 1 aromatic heterocycles. The molecule has 0 bridgehead atoms. The van der Waals surface area contributed by atoms with Gasteiger partial charge in [0, 0.05) is 36.2 Å². The summed E-state index contributed by atoms with van der Waals surface area (Å²) in [6.45, 7) is 2.39. The maximum atomic E-state index is 11.2. The van der Waals surface area contributed by atoms with Crippen molar-refractivity contribution in [1.82, 2.24) is 4.98 Å². The Labute approximate surface area is 124 Å². The molecule has 8 heteroatoms. The number of nitrogens with one attached hydrogen (secondary N) is 1. The van der Waals surface area contributed by atoms with Gasteiger partial charge in [-0.05, 0) is 6.07 Å². The van der Waals surface area contributed by atoms with Crippen LogP contribution in [-0.4, -0.2) is 27.5 Å². The molecule has 2 aromatic rings. The van der Waals surface area contributed by atoms with Gasteiger partial charge in [-0.25, -0.2) is 9.78 Å². The molecule has 1 atom stereocenters. The summed E-state index contributed by atoms with van der Waals surface area (Å²) in [4.78, 5) is 25.6. The predicted molar refractivity (Wildman–Crippen MR) is 79.1 cm³/mol. The van der Waals surface area contributed by atoms with E-state index in [4.69, 9.17) is 5.11 Å². The number of hydrogen-bond donors (Lipinski definition) is 2. The Morgan fingerprint density at radius 1 is 1.57 bits per heavy atom. The average Bonchev–Trinajstić information content (AvgIpc) is 2.98. The van der Waals surface area contributed by atoms with E-state index in [2.05, 4.69) is 10.3 Å². The van der Waals surface area contributed by atoms with Gasteiger partial charge in [0.2, 0.25) is 0 Å². The Kier molecular flexibility index (Phi) is 4.49. The number of carboxylic acid groups (broad SMARTS) is 1. The lowest BCUT2D eigenvalue weighted by Crippen LogP contribution is -2.13. The van der Waals surface area contributed by atoms with E-state index in [1.165, 1.54) is 29.5 Å². The number of carboxylic acids is 1. The maximum Gasteiger partial charge on any atom is 0.337 e. The van der Waals surface area contributed by atoms with Gasteiger partial charge < -0.3 is 10.4 Å².